The number of aromatic nitrogens is 4. The molecule has 2 fully saturated rings. The first-order chi connectivity index (χ1) is 15.7. The predicted molar refractivity (Wildman–Crippen MR) is 113 cm³/mol. The number of hydrogen-bond donors (Lipinski definition) is 0. The second-order valence-electron chi connectivity index (χ2n) is 8.80. The van der Waals surface area contributed by atoms with E-state index in [1.807, 2.05) is 24.3 Å². The minimum atomic E-state index is -0.796. The van der Waals surface area contributed by atoms with Crippen LogP contribution in [0.2, 0.25) is 0 Å². The topological polar surface area (TPSA) is 71.3 Å². The first kappa shape index (κ1) is 19.8. The van der Waals surface area contributed by atoms with E-state index in [1.165, 1.54) is 6.07 Å². The van der Waals surface area contributed by atoms with E-state index < -0.39 is 5.79 Å². The minimum absolute atomic E-state index is 0.151. The van der Waals surface area contributed by atoms with Crippen LogP contribution < -0.4 is 4.74 Å². The summed E-state index contributed by atoms with van der Waals surface area (Å²) in [6, 6.07) is 10.6. The number of hydrogen-bond acceptors (Lipinski definition) is 6. The van der Waals surface area contributed by atoms with Gasteiger partial charge >= 0.3 is 0 Å². The van der Waals surface area contributed by atoms with E-state index in [1.54, 1.807) is 12.3 Å². The molecule has 3 aliphatic rings. The third-order valence-electron chi connectivity index (χ3n) is 6.70. The number of rotatable bonds is 3. The molecule has 0 atom stereocenters. The Bertz CT molecular complexity index is 1110. The SMILES string of the molecule is Fc1ccc2c(c1)CC1(Cc3nnc([C@H]4CC[C@H](Oc5ccccn5)CC4)n3-2)OCCO1. The van der Waals surface area contributed by atoms with Crippen LogP contribution in [0.25, 0.3) is 5.69 Å². The standard InChI is InChI=1S/C24H25FN4O3/c25-18-6-9-20-17(13-18)14-24(30-11-12-31-24)15-21-27-28-23(29(20)21)16-4-7-19(8-5-16)32-22-3-1-2-10-26-22/h1-3,6,9-10,13,16,19H,4-5,7-8,11-12,14-15H2/t16-,19-. The lowest BCUT2D eigenvalue weighted by atomic mass is 9.86. The zero-order valence-corrected chi connectivity index (χ0v) is 17.7. The molecule has 6 rings (SSSR count). The molecule has 3 aromatic rings. The number of benzene rings is 1. The van der Waals surface area contributed by atoms with Gasteiger partial charge in [0.25, 0.3) is 0 Å². The summed E-state index contributed by atoms with van der Waals surface area (Å²) in [7, 11) is 0. The molecule has 4 heterocycles. The molecule has 2 aliphatic heterocycles. The molecule has 0 unspecified atom stereocenters. The lowest BCUT2D eigenvalue weighted by Gasteiger charge is -2.28. The van der Waals surface area contributed by atoms with Crippen molar-refractivity contribution in [3.05, 3.63) is 65.6 Å². The first-order valence-corrected chi connectivity index (χ1v) is 11.3. The molecule has 1 saturated heterocycles. The Hall–Kier alpha value is -2.84. The van der Waals surface area contributed by atoms with Gasteiger partial charge in [0.2, 0.25) is 5.88 Å². The molecule has 0 radical (unpaired) electrons. The van der Waals surface area contributed by atoms with Crippen LogP contribution in [0.5, 0.6) is 5.88 Å². The lowest BCUT2D eigenvalue weighted by molar-refractivity contribution is -0.155. The molecular weight excluding hydrogens is 411 g/mol. The number of fused-ring (bicyclic) bond motifs is 3. The summed E-state index contributed by atoms with van der Waals surface area (Å²) < 4.78 is 34.3. The zero-order valence-electron chi connectivity index (χ0n) is 17.7. The third kappa shape index (κ3) is 3.57. The molecule has 7 nitrogen and oxygen atoms in total. The quantitative estimate of drug-likeness (QED) is 0.623. The minimum Gasteiger partial charge on any atom is -0.474 e. The number of pyridine rings is 1. The third-order valence-corrected chi connectivity index (χ3v) is 6.70. The van der Waals surface area contributed by atoms with Crippen LogP contribution in [-0.4, -0.2) is 44.9 Å². The summed E-state index contributed by atoms with van der Waals surface area (Å²) in [5.74, 6) is 1.61. The molecule has 1 aliphatic carbocycles. The largest absolute Gasteiger partial charge is 0.474 e. The van der Waals surface area contributed by atoms with Gasteiger partial charge in [-0.05, 0) is 55.5 Å². The van der Waals surface area contributed by atoms with Crippen LogP contribution >= 0.6 is 0 Å². The Labute approximate surface area is 185 Å². The molecule has 0 bridgehead atoms. The van der Waals surface area contributed by atoms with E-state index in [2.05, 4.69) is 19.7 Å². The Balaban J connectivity index is 1.28. The molecule has 8 heteroatoms. The Kier molecular flexibility index (Phi) is 4.91. The van der Waals surface area contributed by atoms with Crippen LogP contribution in [0.3, 0.4) is 0 Å². The highest BCUT2D eigenvalue weighted by atomic mass is 19.1. The summed E-state index contributed by atoms with van der Waals surface area (Å²) in [4.78, 5) is 4.27. The average Bonchev–Trinajstić information content (AvgIpc) is 3.40. The predicted octanol–water partition coefficient (Wildman–Crippen LogP) is 3.75. The van der Waals surface area contributed by atoms with E-state index >= 15 is 0 Å². The van der Waals surface area contributed by atoms with Crippen molar-refractivity contribution in [2.75, 3.05) is 13.2 Å². The van der Waals surface area contributed by atoms with Gasteiger partial charge in [-0.1, -0.05) is 6.07 Å². The summed E-state index contributed by atoms with van der Waals surface area (Å²) in [5, 5.41) is 9.14. The fourth-order valence-corrected chi connectivity index (χ4v) is 5.21. The van der Waals surface area contributed by atoms with Crippen molar-refractivity contribution in [3.63, 3.8) is 0 Å². The maximum absolute atomic E-state index is 14.1. The molecule has 1 saturated carbocycles. The molecule has 0 amide bonds. The summed E-state index contributed by atoms with van der Waals surface area (Å²) in [6.45, 7) is 1.07. The van der Waals surface area contributed by atoms with Crippen LogP contribution in [0.4, 0.5) is 4.39 Å². The highest BCUT2D eigenvalue weighted by Gasteiger charge is 2.42. The van der Waals surface area contributed by atoms with E-state index in [9.17, 15) is 4.39 Å². The van der Waals surface area contributed by atoms with Crippen molar-refractivity contribution >= 4 is 0 Å². The van der Waals surface area contributed by atoms with Crippen molar-refractivity contribution in [2.45, 2.75) is 56.3 Å². The number of halogens is 1. The van der Waals surface area contributed by atoms with Crippen molar-refractivity contribution in [2.24, 2.45) is 0 Å². The highest BCUT2D eigenvalue weighted by molar-refractivity contribution is 5.46. The second-order valence-corrected chi connectivity index (χ2v) is 8.80. The average molecular weight is 436 g/mol. The fraction of sp³-hybridized carbons (Fsp3) is 0.458. The molecule has 1 aromatic carbocycles. The van der Waals surface area contributed by atoms with E-state index in [4.69, 9.17) is 14.2 Å². The lowest BCUT2D eigenvalue weighted by Crippen LogP contribution is -2.35. The smallest absolute Gasteiger partial charge is 0.213 e. The van der Waals surface area contributed by atoms with Gasteiger partial charge in [-0.25, -0.2) is 9.37 Å². The normalized spacial score (nSPS) is 24.0. The summed E-state index contributed by atoms with van der Waals surface area (Å²) in [5.41, 5.74) is 1.78. The second kappa shape index (κ2) is 7.94. The van der Waals surface area contributed by atoms with Crippen molar-refractivity contribution in [1.29, 1.82) is 0 Å². The monoisotopic (exact) mass is 436 g/mol. The van der Waals surface area contributed by atoms with Crippen molar-refractivity contribution in [3.8, 4) is 11.6 Å². The highest BCUT2D eigenvalue weighted by Crippen LogP contribution is 2.39. The van der Waals surface area contributed by atoms with E-state index in [-0.39, 0.29) is 17.8 Å². The maximum atomic E-state index is 14.1. The summed E-state index contributed by atoms with van der Waals surface area (Å²) in [6.07, 6.45) is 6.64. The van der Waals surface area contributed by atoms with Gasteiger partial charge in [-0.15, -0.1) is 10.2 Å². The first-order valence-electron chi connectivity index (χ1n) is 11.3. The van der Waals surface area contributed by atoms with Gasteiger partial charge in [0.15, 0.2) is 5.79 Å². The van der Waals surface area contributed by atoms with Crippen LogP contribution in [0, 0.1) is 5.82 Å². The van der Waals surface area contributed by atoms with Gasteiger partial charge in [0.05, 0.1) is 25.3 Å². The molecular formula is C24H25FN4O3. The molecule has 32 heavy (non-hydrogen) atoms. The Morgan fingerprint density at radius 1 is 1.00 bits per heavy atom. The van der Waals surface area contributed by atoms with Gasteiger partial charge in [0, 0.05) is 24.6 Å². The molecule has 0 N–H and O–H groups in total. The van der Waals surface area contributed by atoms with Gasteiger partial charge in [-0.2, -0.15) is 0 Å². The maximum Gasteiger partial charge on any atom is 0.213 e. The van der Waals surface area contributed by atoms with Crippen molar-refractivity contribution in [1.82, 2.24) is 19.7 Å². The Morgan fingerprint density at radius 2 is 1.84 bits per heavy atom. The van der Waals surface area contributed by atoms with Crippen LogP contribution in [0.15, 0.2) is 42.6 Å². The summed E-state index contributed by atoms with van der Waals surface area (Å²) >= 11 is 0. The van der Waals surface area contributed by atoms with Crippen molar-refractivity contribution < 1.29 is 18.6 Å². The van der Waals surface area contributed by atoms with Crippen LogP contribution in [-0.2, 0) is 22.3 Å². The fourth-order valence-electron chi connectivity index (χ4n) is 5.21. The van der Waals surface area contributed by atoms with E-state index in [0.29, 0.717) is 31.9 Å². The van der Waals surface area contributed by atoms with Crippen LogP contribution in [0.1, 0.15) is 48.8 Å². The number of nitrogens with zero attached hydrogens (tertiary/aromatic N) is 4. The zero-order chi connectivity index (χ0) is 21.5. The Morgan fingerprint density at radius 3 is 2.62 bits per heavy atom. The van der Waals surface area contributed by atoms with Gasteiger partial charge in [-0.3, -0.25) is 4.57 Å². The van der Waals surface area contributed by atoms with E-state index in [0.717, 1.165) is 48.6 Å². The molecule has 166 valence electrons. The van der Waals surface area contributed by atoms with Gasteiger partial charge in [0.1, 0.15) is 23.6 Å². The van der Waals surface area contributed by atoms with Gasteiger partial charge < -0.3 is 14.2 Å². The number of ether oxygens (including phenoxy) is 3. The molecule has 1 spiro atoms. The molecule has 2 aromatic heterocycles.